The van der Waals surface area contributed by atoms with E-state index in [4.69, 9.17) is 12.3 Å². The molecule has 0 radical (unpaired) electrons. The van der Waals surface area contributed by atoms with Crippen molar-refractivity contribution < 1.29 is 4.79 Å². The van der Waals surface area contributed by atoms with Crippen molar-refractivity contribution in [2.75, 3.05) is 16.4 Å². The lowest BCUT2D eigenvalue weighted by Crippen LogP contribution is -2.20. The molecule has 162 valence electrons. The Balaban J connectivity index is 1.55. The van der Waals surface area contributed by atoms with Gasteiger partial charge in [-0.15, -0.1) is 0 Å². The van der Waals surface area contributed by atoms with E-state index in [2.05, 4.69) is 51.4 Å². The number of amides is 2. The van der Waals surface area contributed by atoms with E-state index in [9.17, 15) is 4.79 Å². The highest BCUT2D eigenvalue weighted by atomic mass is 16.2. The number of fused-ring (bicyclic) bond motifs is 1. The van der Waals surface area contributed by atoms with Crippen molar-refractivity contribution >= 4 is 34.6 Å². The molecule has 4 N–H and O–H groups in total. The number of carbonyl (C=O) groups is 1. The van der Waals surface area contributed by atoms with Gasteiger partial charge in [0.05, 0.1) is 12.3 Å². The predicted molar refractivity (Wildman–Crippen MR) is 124 cm³/mol. The molecular weight excluding hydrogens is 406 g/mol. The summed E-state index contributed by atoms with van der Waals surface area (Å²) < 4.78 is 3.18. The SMILES string of the molecule is [C-]#[N+]c1cn2ncnc(N)c2c1-c1ccc(NC(=O)Nc2cc(C(C)(C)C)nn2C)cc1. The Morgan fingerprint density at radius 3 is 2.53 bits per heavy atom. The second kappa shape index (κ2) is 7.70. The minimum absolute atomic E-state index is 0.119. The summed E-state index contributed by atoms with van der Waals surface area (Å²) in [6, 6.07) is 8.63. The molecule has 0 spiro atoms. The Labute approximate surface area is 184 Å². The third-order valence-corrected chi connectivity index (χ3v) is 5.02. The number of carbonyl (C=O) groups excluding carboxylic acids is 1. The highest BCUT2D eigenvalue weighted by molar-refractivity contribution is 6.00. The molecule has 0 bridgehead atoms. The van der Waals surface area contributed by atoms with Gasteiger partial charge in [-0.3, -0.25) is 10.00 Å². The minimum Gasteiger partial charge on any atom is -0.382 e. The summed E-state index contributed by atoms with van der Waals surface area (Å²) in [6.45, 7) is 13.7. The number of urea groups is 1. The number of benzene rings is 1. The monoisotopic (exact) mass is 429 g/mol. The van der Waals surface area contributed by atoms with E-state index in [0.717, 1.165) is 11.3 Å². The number of anilines is 3. The molecule has 10 heteroatoms. The number of hydrogen-bond acceptors (Lipinski definition) is 5. The van der Waals surface area contributed by atoms with Crippen LogP contribution in [0.2, 0.25) is 0 Å². The van der Waals surface area contributed by atoms with Gasteiger partial charge in [-0.05, 0) is 17.7 Å². The van der Waals surface area contributed by atoms with Gasteiger partial charge < -0.3 is 11.1 Å². The quantitative estimate of drug-likeness (QED) is 0.422. The molecule has 4 rings (SSSR count). The molecule has 0 saturated heterocycles. The summed E-state index contributed by atoms with van der Waals surface area (Å²) in [4.78, 5) is 20.1. The molecule has 2 amide bonds. The third-order valence-electron chi connectivity index (χ3n) is 5.02. The molecular formula is C22H23N9O. The zero-order valence-electron chi connectivity index (χ0n) is 18.2. The molecule has 0 aliphatic rings. The number of nitrogens with zero attached hydrogens (tertiary/aromatic N) is 6. The molecule has 0 fully saturated rings. The van der Waals surface area contributed by atoms with Crippen LogP contribution in [0.4, 0.5) is 27.8 Å². The van der Waals surface area contributed by atoms with Crippen molar-refractivity contribution in [1.29, 1.82) is 0 Å². The van der Waals surface area contributed by atoms with Crippen LogP contribution < -0.4 is 16.4 Å². The van der Waals surface area contributed by atoms with Crippen LogP contribution in [-0.4, -0.2) is 30.4 Å². The number of nitrogens with two attached hydrogens (primary N) is 1. The molecule has 0 aliphatic heterocycles. The van der Waals surface area contributed by atoms with Crippen molar-refractivity contribution in [3.8, 4) is 11.1 Å². The van der Waals surface area contributed by atoms with E-state index >= 15 is 0 Å². The van der Waals surface area contributed by atoms with E-state index in [1.54, 1.807) is 34.6 Å². The number of nitrogens with one attached hydrogen (secondary N) is 2. The molecule has 3 heterocycles. The average molecular weight is 429 g/mol. The van der Waals surface area contributed by atoms with Crippen LogP contribution in [-0.2, 0) is 12.5 Å². The van der Waals surface area contributed by atoms with E-state index in [-0.39, 0.29) is 17.3 Å². The number of aromatic nitrogens is 5. The lowest BCUT2D eigenvalue weighted by molar-refractivity contribution is 0.262. The Hall–Kier alpha value is -4.39. The van der Waals surface area contributed by atoms with E-state index in [0.29, 0.717) is 28.3 Å². The summed E-state index contributed by atoms with van der Waals surface area (Å²) in [7, 11) is 1.78. The number of aryl methyl sites for hydroxylation is 1. The first kappa shape index (κ1) is 20.9. The molecule has 0 saturated carbocycles. The lowest BCUT2D eigenvalue weighted by atomic mass is 9.92. The lowest BCUT2D eigenvalue weighted by Gasteiger charge is -2.13. The van der Waals surface area contributed by atoms with Crippen LogP contribution in [0.1, 0.15) is 26.5 Å². The van der Waals surface area contributed by atoms with Gasteiger partial charge >= 0.3 is 6.03 Å². The summed E-state index contributed by atoms with van der Waals surface area (Å²) in [5, 5.41) is 14.2. The summed E-state index contributed by atoms with van der Waals surface area (Å²) in [5.74, 6) is 0.888. The number of rotatable bonds is 3. The second-order valence-electron chi connectivity index (χ2n) is 8.38. The number of nitrogen functional groups attached to an aromatic ring is 1. The first-order valence-corrected chi connectivity index (χ1v) is 9.89. The topological polar surface area (TPSA) is 120 Å². The normalized spacial score (nSPS) is 11.3. The molecule has 4 aromatic rings. The van der Waals surface area contributed by atoms with Crippen LogP contribution >= 0.6 is 0 Å². The molecule has 32 heavy (non-hydrogen) atoms. The van der Waals surface area contributed by atoms with E-state index in [1.165, 1.54) is 6.33 Å². The fraction of sp³-hybridized carbons (Fsp3) is 0.227. The Morgan fingerprint density at radius 2 is 1.91 bits per heavy atom. The molecule has 3 aromatic heterocycles. The maximum absolute atomic E-state index is 12.5. The van der Waals surface area contributed by atoms with Crippen LogP contribution in [0.25, 0.3) is 21.5 Å². The van der Waals surface area contributed by atoms with Crippen LogP contribution in [0.3, 0.4) is 0 Å². The van der Waals surface area contributed by atoms with Gasteiger partial charge in [0, 0.05) is 36.0 Å². The van der Waals surface area contributed by atoms with Crippen molar-refractivity contribution in [1.82, 2.24) is 24.4 Å². The van der Waals surface area contributed by atoms with Gasteiger partial charge in [-0.25, -0.2) is 19.1 Å². The molecule has 0 unspecified atom stereocenters. The Morgan fingerprint density at radius 1 is 1.19 bits per heavy atom. The first-order chi connectivity index (χ1) is 15.2. The van der Waals surface area contributed by atoms with Gasteiger partial charge in [0.2, 0.25) is 5.69 Å². The van der Waals surface area contributed by atoms with E-state index < -0.39 is 0 Å². The fourth-order valence-corrected chi connectivity index (χ4v) is 3.34. The summed E-state index contributed by atoms with van der Waals surface area (Å²) >= 11 is 0. The average Bonchev–Trinajstić information content (AvgIpc) is 3.30. The van der Waals surface area contributed by atoms with Crippen LogP contribution in [0.15, 0.2) is 42.9 Å². The maximum Gasteiger partial charge on any atom is 0.324 e. The van der Waals surface area contributed by atoms with E-state index in [1.807, 2.05) is 18.2 Å². The Kier molecular flexibility index (Phi) is 5.02. The third kappa shape index (κ3) is 3.83. The van der Waals surface area contributed by atoms with Gasteiger partial charge in [-0.2, -0.15) is 10.2 Å². The summed E-state index contributed by atoms with van der Waals surface area (Å²) in [6.07, 6.45) is 2.97. The zero-order chi connectivity index (χ0) is 23.0. The molecule has 10 nitrogen and oxygen atoms in total. The minimum atomic E-state index is -0.380. The van der Waals surface area contributed by atoms with Gasteiger partial charge in [0.25, 0.3) is 0 Å². The largest absolute Gasteiger partial charge is 0.382 e. The van der Waals surface area contributed by atoms with Crippen molar-refractivity contribution in [3.05, 3.63) is 60.0 Å². The fourth-order valence-electron chi connectivity index (χ4n) is 3.34. The first-order valence-electron chi connectivity index (χ1n) is 9.89. The smallest absolute Gasteiger partial charge is 0.324 e. The van der Waals surface area contributed by atoms with Crippen molar-refractivity contribution in [2.24, 2.45) is 7.05 Å². The number of hydrogen-bond donors (Lipinski definition) is 3. The van der Waals surface area contributed by atoms with Gasteiger partial charge in [-0.1, -0.05) is 32.9 Å². The van der Waals surface area contributed by atoms with Gasteiger partial charge in [0.1, 0.15) is 17.7 Å². The maximum atomic E-state index is 12.5. The van der Waals surface area contributed by atoms with Crippen molar-refractivity contribution in [3.63, 3.8) is 0 Å². The predicted octanol–water partition coefficient (Wildman–Crippen LogP) is 4.20. The summed E-state index contributed by atoms with van der Waals surface area (Å²) in [5.41, 5.74) is 9.80. The molecule has 0 aliphatic carbocycles. The molecule has 1 aromatic carbocycles. The van der Waals surface area contributed by atoms with Crippen LogP contribution in [0, 0.1) is 6.57 Å². The van der Waals surface area contributed by atoms with Crippen molar-refractivity contribution in [2.45, 2.75) is 26.2 Å². The standard InChI is InChI=1S/C22H23N9O/c1-22(2,3)16-10-17(30(5)29-16)28-21(32)27-14-8-6-13(7-9-14)18-15(24-4)11-31-19(18)20(23)25-12-26-31/h6-12H,1-3,5H3,(H2,23,25,26)(H2,27,28,32). The highest BCUT2D eigenvalue weighted by Gasteiger charge is 2.20. The molecule has 0 atom stereocenters. The van der Waals surface area contributed by atoms with Gasteiger partial charge in [0.15, 0.2) is 5.82 Å². The highest BCUT2D eigenvalue weighted by Crippen LogP contribution is 2.38. The van der Waals surface area contributed by atoms with Crippen LogP contribution in [0.5, 0.6) is 0 Å². The zero-order valence-corrected chi connectivity index (χ0v) is 18.2. The second-order valence-corrected chi connectivity index (χ2v) is 8.38. The Bertz CT molecular complexity index is 1350.